The summed E-state index contributed by atoms with van der Waals surface area (Å²) in [5, 5.41) is 0.132. The molecule has 0 aliphatic heterocycles. The average Bonchev–Trinajstić information content (AvgIpc) is 2.57. The van der Waals surface area contributed by atoms with Gasteiger partial charge >= 0.3 is 5.97 Å². The smallest absolute Gasteiger partial charge is 0.311 e. The van der Waals surface area contributed by atoms with Gasteiger partial charge in [0.1, 0.15) is 11.6 Å². The SMILES string of the molecule is COC(=O)Cc1nc2c(Cl)cc(F)cn2c1N. The van der Waals surface area contributed by atoms with E-state index in [4.69, 9.17) is 17.3 Å². The zero-order valence-corrected chi connectivity index (χ0v) is 9.66. The fourth-order valence-electron chi connectivity index (χ4n) is 1.48. The quantitative estimate of drug-likeness (QED) is 0.826. The Morgan fingerprint density at radius 2 is 2.41 bits per heavy atom. The van der Waals surface area contributed by atoms with Gasteiger partial charge < -0.3 is 10.5 Å². The normalized spacial score (nSPS) is 10.8. The van der Waals surface area contributed by atoms with Crippen LogP contribution < -0.4 is 5.73 Å². The summed E-state index contributed by atoms with van der Waals surface area (Å²) in [6, 6.07) is 1.13. The highest BCUT2D eigenvalue weighted by Crippen LogP contribution is 2.23. The van der Waals surface area contributed by atoms with E-state index in [9.17, 15) is 9.18 Å². The van der Waals surface area contributed by atoms with Crippen LogP contribution in [0, 0.1) is 5.82 Å². The van der Waals surface area contributed by atoms with Gasteiger partial charge in [-0.2, -0.15) is 0 Å². The van der Waals surface area contributed by atoms with E-state index in [0.29, 0.717) is 11.3 Å². The predicted molar refractivity (Wildman–Crippen MR) is 60.3 cm³/mol. The van der Waals surface area contributed by atoms with E-state index >= 15 is 0 Å². The second-order valence-electron chi connectivity index (χ2n) is 3.40. The molecule has 7 heteroatoms. The number of nitrogens with zero attached hydrogens (tertiary/aromatic N) is 2. The number of pyridine rings is 1. The number of anilines is 1. The Balaban J connectivity index is 2.56. The van der Waals surface area contributed by atoms with Gasteiger partial charge in [-0.1, -0.05) is 11.6 Å². The third kappa shape index (κ3) is 2.03. The van der Waals surface area contributed by atoms with Crippen molar-refractivity contribution in [3.05, 3.63) is 28.8 Å². The minimum absolute atomic E-state index is 0.0814. The molecule has 5 nitrogen and oxygen atoms in total. The lowest BCUT2D eigenvalue weighted by Crippen LogP contribution is -2.07. The molecule has 0 saturated carbocycles. The van der Waals surface area contributed by atoms with Gasteiger partial charge in [-0.15, -0.1) is 0 Å². The van der Waals surface area contributed by atoms with Crippen molar-refractivity contribution in [1.82, 2.24) is 9.38 Å². The molecule has 0 aromatic carbocycles. The monoisotopic (exact) mass is 257 g/mol. The summed E-state index contributed by atoms with van der Waals surface area (Å²) in [6.45, 7) is 0. The fourth-order valence-corrected chi connectivity index (χ4v) is 1.71. The number of halogens is 2. The third-order valence-electron chi connectivity index (χ3n) is 2.29. The molecule has 2 heterocycles. The van der Waals surface area contributed by atoms with Crippen LogP contribution in [-0.4, -0.2) is 22.5 Å². The average molecular weight is 258 g/mol. The first-order chi connectivity index (χ1) is 8.02. The number of methoxy groups -OCH3 is 1. The number of carbonyl (C=O) groups is 1. The molecular formula is C10H9ClFN3O2. The molecular weight excluding hydrogens is 249 g/mol. The third-order valence-corrected chi connectivity index (χ3v) is 2.57. The zero-order chi connectivity index (χ0) is 12.6. The standard InChI is InChI=1S/C10H9ClFN3O2/c1-17-8(16)3-7-9(13)15-4-5(12)2-6(11)10(15)14-7/h2,4H,3,13H2,1H3. The number of hydrogen-bond acceptors (Lipinski definition) is 4. The molecule has 0 aliphatic rings. The van der Waals surface area contributed by atoms with Crippen LogP contribution in [0.25, 0.3) is 5.65 Å². The van der Waals surface area contributed by atoms with Crippen molar-refractivity contribution in [2.24, 2.45) is 0 Å². The Bertz CT molecular complexity index is 597. The number of rotatable bonds is 2. The van der Waals surface area contributed by atoms with Crippen molar-refractivity contribution in [1.29, 1.82) is 0 Å². The molecule has 2 aromatic heterocycles. The molecule has 17 heavy (non-hydrogen) atoms. The Hall–Kier alpha value is -1.82. The minimum atomic E-state index is -0.531. The molecule has 2 rings (SSSR count). The predicted octanol–water partition coefficient (Wildman–Crippen LogP) is 1.42. The first-order valence-electron chi connectivity index (χ1n) is 4.71. The second-order valence-corrected chi connectivity index (χ2v) is 3.80. The number of aromatic nitrogens is 2. The van der Waals surface area contributed by atoms with E-state index in [0.717, 1.165) is 12.3 Å². The van der Waals surface area contributed by atoms with Gasteiger partial charge in [-0.25, -0.2) is 9.37 Å². The molecule has 0 amide bonds. The van der Waals surface area contributed by atoms with Gasteiger partial charge in [0.15, 0.2) is 5.65 Å². The van der Waals surface area contributed by atoms with Crippen LogP contribution in [0.5, 0.6) is 0 Å². The van der Waals surface area contributed by atoms with Crippen molar-refractivity contribution < 1.29 is 13.9 Å². The van der Waals surface area contributed by atoms with Gasteiger partial charge in [-0.05, 0) is 6.07 Å². The van der Waals surface area contributed by atoms with E-state index in [1.807, 2.05) is 0 Å². The van der Waals surface area contributed by atoms with Crippen LogP contribution >= 0.6 is 11.6 Å². The lowest BCUT2D eigenvalue weighted by atomic mass is 10.3. The summed E-state index contributed by atoms with van der Waals surface area (Å²) in [4.78, 5) is 15.2. The number of ether oxygens (including phenoxy) is 1. The van der Waals surface area contributed by atoms with Crippen molar-refractivity contribution in [2.75, 3.05) is 12.8 Å². The van der Waals surface area contributed by atoms with Crippen LogP contribution in [-0.2, 0) is 16.0 Å². The Morgan fingerprint density at radius 1 is 1.71 bits per heavy atom. The molecule has 2 N–H and O–H groups in total. The molecule has 0 fully saturated rings. The Labute approximate surface area is 101 Å². The van der Waals surface area contributed by atoms with Crippen molar-refractivity contribution in [3.63, 3.8) is 0 Å². The van der Waals surface area contributed by atoms with Crippen LogP contribution in [0.4, 0.5) is 10.2 Å². The van der Waals surface area contributed by atoms with E-state index in [1.165, 1.54) is 11.5 Å². The van der Waals surface area contributed by atoms with Gasteiger partial charge in [-0.3, -0.25) is 9.20 Å². The van der Waals surface area contributed by atoms with E-state index in [1.54, 1.807) is 0 Å². The van der Waals surface area contributed by atoms with Gasteiger partial charge in [0.25, 0.3) is 0 Å². The molecule has 0 spiro atoms. The molecule has 2 aromatic rings. The Kier molecular flexibility index (Phi) is 2.89. The molecule has 0 unspecified atom stereocenters. The summed E-state index contributed by atoms with van der Waals surface area (Å²) in [5.74, 6) is -0.834. The molecule has 0 saturated heterocycles. The maximum Gasteiger partial charge on any atom is 0.311 e. The van der Waals surface area contributed by atoms with Gasteiger partial charge in [0.2, 0.25) is 0 Å². The molecule has 0 bridgehead atoms. The van der Waals surface area contributed by atoms with Crippen LogP contribution in [0.1, 0.15) is 5.69 Å². The first kappa shape index (κ1) is 11.7. The Morgan fingerprint density at radius 3 is 3.06 bits per heavy atom. The molecule has 0 aliphatic carbocycles. The highest BCUT2D eigenvalue weighted by Gasteiger charge is 2.15. The first-order valence-corrected chi connectivity index (χ1v) is 5.09. The highest BCUT2D eigenvalue weighted by atomic mass is 35.5. The number of nitrogens with two attached hydrogens (primary N) is 1. The summed E-state index contributed by atoms with van der Waals surface area (Å²) in [5.41, 5.74) is 6.37. The topological polar surface area (TPSA) is 69.6 Å². The largest absolute Gasteiger partial charge is 0.469 e. The van der Waals surface area contributed by atoms with Crippen molar-refractivity contribution >= 4 is 29.0 Å². The number of hydrogen-bond donors (Lipinski definition) is 1. The van der Waals surface area contributed by atoms with Crippen molar-refractivity contribution in [3.8, 4) is 0 Å². The van der Waals surface area contributed by atoms with E-state index < -0.39 is 11.8 Å². The van der Waals surface area contributed by atoms with E-state index in [-0.39, 0.29) is 17.3 Å². The lowest BCUT2D eigenvalue weighted by molar-refractivity contribution is -0.139. The fraction of sp³-hybridized carbons (Fsp3) is 0.200. The van der Waals surface area contributed by atoms with Crippen molar-refractivity contribution in [2.45, 2.75) is 6.42 Å². The van der Waals surface area contributed by atoms with E-state index in [2.05, 4.69) is 9.72 Å². The minimum Gasteiger partial charge on any atom is -0.469 e. The zero-order valence-electron chi connectivity index (χ0n) is 8.91. The lowest BCUT2D eigenvalue weighted by Gasteiger charge is -1.99. The number of carbonyl (C=O) groups excluding carboxylic acids is 1. The van der Waals surface area contributed by atoms with Gasteiger partial charge in [0, 0.05) is 6.20 Å². The highest BCUT2D eigenvalue weighted by molar-refractivity contribution is 6.33. The summed E-state index contributed by atoms with van der Waals surface area (Å²) in [7, 11) is 1.26. The number of nitrogen functional groups attached to an aromatic ring is 1. The number of esters is 1. The second kappa shape index (κ2) is 4.21. The summed E-state index contributed by atoms with van der Waals surface area (Å²) < 4.78 is 18.9. The van der Waals surface area contributed by atoms with Crippen LogP contribution in [0.2, 0.25) is 5.02 Å². The van der Waals surface area contributed by atoms with Crippen LogP contribution in [0.3, 0.4) is 0 Å². The molecule has 0 radical (unpaired) electrons. The summed E-state index contributed by atoms with van der Waals surface area (Å²) >= 11 is 5.82. The van der Waals surface area contributed by atoms with Gasteiger partial charge in [0.05, 0.1) is 24.2 Å². The maximum absolute atomic E-state index is 13.1. The number of fused-ring (bicyclic) bond motifs is 1. The summed E-state index contributed by atoms with van der Waals surface area (Å²) in [6.07, 6.45) is 1.08. The van der Waals surface area contributed by atoms with Crippen LogP contribution in [0.15, 0.2) is 12.3 Å². The number of imidazole rings is 1. The maximum atomic E-state index is 13.1. The molecule has 0 atom stereocenters. The molecule has 90 valence electrons.